The molecule has 0 spiro atoms. The quantitative estimate of drug-likeness (QED) is 0.549. The number of amides is 1. The molecule has 1 N–H and O–H groups in total. The Balaban J connectivity index is 1.50. The van der Waals surface area contributed by atoms with Crippen molar-refractivity contribution in [1.82, 2.24) is 19.9 Å². The van der Waals surface area contributed by atoms with Gasteiger partial charge in [-0.05, 0) is 34.7 Å². The molecule has 28 heavy (non-hydrogen) atoms. The number of pyridine rings is 1. The second-order valence-electron chi connectivity index (χ2n) is 6.32. The van der Waals surface area contributed by atoms with Crippen molar-refractivity contribution in [2.24, 2.45) is 0 Å². The van der Waals surface area contributed by atoms with Crippen molar-refractivity contribution in [2.75, 3.05) is 0 Å². The number of benzene rings is 1. The summed E-state index contributed by atoms with van der Waals surface area (Å²) in [5.41, 5.74) is 1.82. The molecule has 1 aromatic carbocycles. The van der Waals surface area contributed by atoms with Crippen LogP contribution in [0.1, 0.15) is 23.6 Å². The Morgan fingerprint density at radius 2 is 1.82 bits per heavy atom. The fourth-order valence-electron chi connectivity index (χ4n) is 3.07. The van der Waals surface area contributed by atoms with E-state index >= 15 is 0 Å². The van der Waals surface area contributed by atoms with Gasteiger partial charge < -0.3 is 5.32 Å². The Kier molecular flexibility index (Phi) is 5.25. The van der Waals surface area contributed by atoms with E-state index in [0.29, 0.717) is 10.2 Å². The van der Waals surface area contributed by atoms with Gasteiger partial charge >= 0.3 is 0 Å². The van der Waals surface area contributed by atoms with Crippen molar-refractivity contribution in [3.05, 3.63) is 94.1 Å². The first kappa shape index (κ1) is 18.1. The van der Waals surface area contributed by atoms with E-state index in [0.717, 1.165) is 11.1 Å². The highest BCUT2D eigenvalue weighted by Crippen LogP contribution is 2.21. The van der Waals surface area contributed by atoms with E-state index in [1.807, 2.05) is 47.8 Å². The molecular formula is C21H18N4O2S. The molecule has 0 saturated heterocycles. The average molecular weight is 390 g/mol. The SMILES string of the molecule is O=C(CCn1cnc2sccc2c1=O)NC(c1ccccc1)c1ccncc1. The summed E-state index contributed by atoms with van der Waals surface area (Å²) >= 11 is 1.43. The van der Waals surface area contributed by atoms with Gasteiger partial charge in [0, 0.05) is 25.4 Å². The fourth-order valence-corrected chi connectivity index (χ4v) is 3.79. The minimum atomic E-state index is -0.272. The van der Waals surface area contributed by atoms with Gasteiger partial charge in [-0.2, -0.15) is 0 Å². The summed E-state index contributed by atoms with van der Waals surface area (Å²) in [7, 11) is 0. The van der Waals surface area contributed by atoms with E-state index in [-0.39, 0.29) is 30.5 Å². The van der Waals surface area contributed by atoms with E-state index in [1.165, 1.54) is 22.2 Å². The molecule has 0 aliphatic carbocycles. The number of rotatable bonds is 6. The molecule has 7 heteroatoms. The second-order valence-corrected chi connectivity index (χ2v) is 7.22. The molecule has 0 saturated carbocycles. The monoisotopic (exact) mass is 390 g/mol. The van der Waals surface area contributed by atoms with Crippen LogP contribution in [0.2, 0.25) is 0 Å². The summed E-state index contributed by atoms with van der Waals surface area (Å²) in [6.07, 6.45) is 5.11. The van der Waals surface area contributed by atoms with Crippen LogP contribution in [0.3, 0.4) is 0 Å². The largest absolute Gasteiger partial charge is 0.345 e. The van der Waals surface area contributed by atoms with Gasteiger partial charge in [0.25, 0.3) is 5.56 Å². The minimum absolute atomic E-state index is 0.118. The molecule has 4 rings (SSSR count). The predicted molar refractivity (Wildman–Crippen MR) is 109 cm³/mol. The van der Waals surface area contributed by atoms with Crippen molar-refractivity contribution < 1.29 is 4.79 Å². The summed E-state index contributed by atoms with van der Waals surface area (Å²) in [6.45, 7) is 0.279. The summed E-state index contributed by atoms with van der Waals surface area (Å²) in [5.74, 6) is -0.136. The number of fused-ring (bicyclic) bond motifs is 1. The van der Waals surface area contributed by atoms with Crippen molar-refractivity contribution in [1.29, 1.82) is 0 Å². The van der Waals surface area contributed by atoms with Crippen LogP contribution in [0.25, 0.3) is 10.2 Å². The molecular weight excluding hydrogens is 372 g/mol. The lowest BCUT2D eigenvalue weighted by Gasteiger charge is -2.20. The van der Waals surface area contributed by atoms with Gasteiger partial charge in [0.2, 0.25) is 5.91 Å². The molecule has 0 fully saturated rings. The standard InChI is InChI=1S/C21H18N4O2S/c26-18(8-12-25-14-23-20-17(21(25)27)9-13-28-20)24-19(15-4-2-1-3-5-15)16-6-10-22-11-7-16/h1-7,9-11,13-14,19H,8,12H2,(H,24,26). The molecule has 1 amide bonds. The van der Waals surface area contributed by atoms with Crippen LogP contribution >= 0.6 is 11.3 Å². The first-order valence-electron chi connectivity index (χ1n) is 8.89. The molecule has 4 aromatic rings. The van der Waals surface area contributed by atoms with Gasteiger partial charge in [-0.15, -0.1) is 11.3 Å². The third-order valence-electron chi connectivity index (χ3n) is 4.51. The van der Waals surface area contributed by atoms with Crippen LogP contribution in [-0.4, -0.2) is 20.4 Å². The van der Waals surface area contributed by atoms with Crippen LogP contribution in [0.5, 0.6) is 0 Å². The smallest absolute Gasteiger partial charge is 0.262 e. The van der Waals surface area contributed by atoms with Crippen LogP contribution < -0.4 is 10.9 Å². The summed E-state index contributed by atoms with van der Waals surface area (Å²) in [5, 5.41) is 5.50. The number of carbonyl (C=O) groups excluding carboxylic acids is 1. The molecule has 0 aliphatic rings. The van der Waals surface area contributed by atoms with Crippen molar-refractivity contribution in [3.8, 4) is 0 Å². The highest BCUT2D eigenvalue weighted by atomic mass is 32.1. The molecule has 3 heterocycles. The average Bonchev–Trinajstić information content (AvgIpc) is 3.22. The lowest BCUT2D eigenvalue weighted by atomic mass is 9.99. The molecule has 140 valence electrons. The van der Waals surface area contributed by atoms with Crippen molar-refractivity contribution in [2.45, 2.75) is 19.0 Å². The molecule has 6 nitrogen and oxygen atoms in total. The first-order valence-corrected chi connectivity index (χ1v) is 9.77. The van der Waals surface area contributed by atoms with Crippen molar-refractivity contribution >= 4 is 27.5 Å². The van der Waals surface area contributed by atoms with E-state index in [2.05, 4.69) is 15.3 Å². The number of aromatic nitrogens is 3. The zero-order chi connectivity index (χ0) is 19.3. The molecule has 0 aliphatic heterocycles. The highest BCUT2D eigenvalue weighted by Gasteiger charge is 2.17. The Morgan fingerprint density at radius 1 is 1.07 bits per heavy atom. The van der Waals surface area contributed by atoms with Crippen LogP contribution in [0, 0.1) is 0 Å². The highest BCUT2D eigenvalue weighted by molar-refractivity contribution is 7.16. The van der Waals surface area contributed by atoms with Gasteiger partial charge in [0.15, 0.2) is 0 Å². The number of nitrogens with zero attached hydrogens (tertiary/aromatic N) is 3. The maximum Gasteiger partial charge on any atom is 0.262 e. The second kappa shape index (κ2) is 8.14. The summed E-state index contributed by atoms with van der Waals surface area (Å²) in [4.78, 5) is 34.1. The predicted octanol–water partition coefficient (Wildman–Crippen LogP) is 3.15. The lowest BCUT2D eigenvalue weighted by Crippen LogP contribution is -2.31. The Bertz CT molecular complexity index is 1100. The van der Waals surface area contributed by atoms with E-state index in [4.69, 9.17) is 0 Å². The van der Waals surface area contributed by atoms with E-state index in [1.54, 1.807) is 18.5 Å². The Morgan fingerprint density at radius 3 is 2.61 bits per heavy atom. The van der Waals surface area contributed by atoms with E-state index in [9.17, 15) is 9.59 Å². The number of carbonyl (C=O) groups is 1. The topological polar surface area (TPSA) is 76.9 Å². The maximum absolute atomic E-state index is 12.6. The van der Waals surface area contributed by atoms with Crippen LogP contribution in [0.4, 0.5) is 0 Å². The molecule has 0 radical (unpaired) electrons. The number of nitrogens with one attached hydrogen (secondary N) is 1. The number of hydrogen-bond acceptors (Lipinski definition) is 5. The van der Waals surface area contributed by atoms with E-state index < -0.39 is 0 Å². The van der Waals surface area contributed by atoms with Gasteiger partial charge in [0.1, 0.15) is 4.83 Å². The molecule has 1 unspecified atom stereocenters. The third-order valence-corrected chi connectivity index (χ3v) is 5.33. The molecule has 0 bridgehead atoms. The molecule has 1 atom stereocenters. The zero-order valence-electron chi connectivity index (χ0n) is 15.0. The van der Waals surface area contributed by atoms with Gasteiger partial charge in [-0.1, -0.05) is 30.3 Å². The van der Waals surface area contributed by atoms with Gasteiger partial charge in [0.05, 0.1) is 17.8 Å². The third kappa shape index (κ3) is 3.84. The van der Waals surface area contributed by atoms with Crippen LogP contribution in [-0.2, 0) is 11.3 Å². The lowest BCUT2D eigenvalue weighted by molar-refractivity contribution is -0.121. The number of thiophene rings is 1. The summed E-state index contributed by atoms with van der Waals surface area (Å²) < 4.78 is 1.48. The van der Waals surface area contributed by atoms with Gasteiger partial charge in [-0.3, -0.25) is 19.1 Å². The Labute approximate surface area is 165 Å². The zero-order valence-corrected chi connectivity index (χ0v) is 15.8. The Hall–Kier alpha value is -3.32. The minimum Gasteiger partial charge on any atom is -0.345 e. The molecule has 3 aromatic heterocycles. The first-order chi connectivity index (χ1) is 13.7. The van der Waals surface area contributed by atoms with Crippen LogP contribution in [0.15, 0.2) is 77.4 Å². The number of aryl methyl sites for hydroxylation is 1. The number of hydrogen-bond donors (Lipinski definition) is 1. The summed E-state index contributed by atoms with van der Waals surface area (Å²) in [6, 6.07) is 15.0. The normalized spacial score (nSPS) is 12.0. The van der Waals surface area contributed by atoms with Gasteiger partial charge in [-0.25, -0.2) is 4.98 Å². The maximum atomic E-state index is 12.6. The van der Waals surface area contributed by atoms with Crippen molar-refractivity contribution in [3.63, 3.8) is 0 Å². The fraction of sp³-hybridized carbons (Fsp3) is 0.143.